The van der Waals surface area contributed by atoms with E-state index in [-0.39, 0.29) is 5.41 Å². The minimum atomic E-state index is 0.164. The zero-order valence-electron chi connectivity index (χ0n) is 14.5. The van der Waals surface area contributed by atoms with Crippen LogP contribution in [0.5, 0.6) is 5.75 Å². The van der Waals surface area contributed by atoms with Crippen LogP contribution in [0.1, 0.15) is 65.9 Å². The van der Waals surface area contributed by atoms with Gasteiger partial charge >= 0.3 is 0 Å². The molecular weight excluding hydrogens is 258 g/mol. The fourth-order valence-corrected chi connectivity index (χ4v) is 3.05. The summed E-state index contributed by atoms with van der Waals surface area (Å²) in [6, 6.07) is 7.10. The summed E-state index contributed by atoms with van der Waals surface area (Å²) in [5, 5.41) is 3.73. The minimum absolute atomic E-state index is 0.164. The average Bonchev–Trinajstić information content (AvgIpc) is 2.40. The van der Waals surface area contributed by atoms with Crippen molar-refractivity contribution in [3.05, 3.63) is 23.8 Å². The molecule has 0 bridgehead atoms. The second-order valence-corrected chi connectivity index (χ2v) is 8.25. The predicted molar refractivity (Wildman–Crippen MR) is 91.4 cm³/mol. The SMILES string of the molecule is COc1ccc(C(C)(C)C)cc1NC1CCC(C)(C)CC1. The van der Waals surface area contributed by atoms with E-state index in [1.165, 1.54) is 31.2 Å². The number of rotatable bonds is 3. The topological polar surface area (TPSA) is 21.3 Å². The molecule has 0 aromatic heterocycles. The van der Waals surface area contributed by atoms with Gasteiger partial charge in [-0.05, 0) is 54.2 Å². The smallest absolute Gasteiger partial charge is 0.141 e. The maximum Gasteiger partial charge on any atom is 0.141 e. The van der Waals surface area contributed by atoms with Gasteiger partial charge in [-0.1, -0.05) is 40.7 Å². The van der Waals surface area contributed by atoms with Gasteiger partial charge in [0, 0.05) is 6.04 Å². The van der Waals surface area contributed by atoms with Gasteiger partial charge in [0.15, 0.2) is 0 Å². The van der Waals surface area contributed by atoms with Crippen molar-refractivity contribution in [2.45, 2.75) is 71.8 Å². The van der Waals surface area contributed by atoms with E-state index >= 15 is 0 Å². The Bertz CT molecular complexity index is 475. The van der Waals surface area contributed by atoms with Crippen LogP contribution in [-0.2, 0) is 5.41 Å². The largest absolute Gasteiger partial charge is 0.495 e. The highest BCUT2D eigenvalue weighted by atomic mass is 16.5. The number of nitrogens with one attached hydrogen (secondary N) is 1. The second-order valence-electron chi connectivity index (χ2n) is 8.25. The Morgan fingerprint density at radius 3 is 2.29 bits per heavy atom. The molecule has 1 aliphatic carbocycles. The number of hydrogen-bond donors (Lipinski definition) is 1. The Balaban J connectivity index is 2.15. The van der Waals surface area contributed by atoms with E-state index in [1.807, 2.05) is 0 Å². The number of anilines is 1. The molecule has 1 aliphatic rings. The van der Waals surface area contributed by atoms with E-state index in [9.17, 15) is 0 Å². The Labute approximate surface area is 130 Å². The highest BCUT2D eigenvalue weighted by Crippen LogP contribution is 2.38. The molecule has 1 saturated carbocycles. The summed E-state index contributed by atoms with van der Waals surface area (Å²) in [5.74, 6) is 0.952. The third-order valence-corrected chi connectivity index (χ3v) is 4.76. The van der Waals surface area contributed by atoms with Crippen LogP contribution >= 0.6 is 0 Å². The van der Waals surface area contributed by atoms with Crippen molar-refractivity contribution in [3.63, 3.8) is 0 Å². The van der Waals surface area contributed by atoms with Crippen molar-refractivity contribution in [2.75, 3.05) is 12.4 Å². The lowest BCUT2D eigenvalue weighted by Gasteiger charge is -2.35. The minimum Gasteiger partial charge on any atom is -0.495 e. The molecule has 118 valence electrons. The molecule has 0 atom stereocenters. The Morgan fingerprint density at radius 1 is 1.14 bits per heavy atom. The zero-order chi connectivity index (χ0) is 15.7. The average molecular weight is 289 g/mol. The first-order valence-corrected chi connectivity index (χ1v) is 8.16. The molecule has 0 aliphatic heterocycles. The van der Waals surface area contributed by atoms with Crippen LogP contribution in [0.2, 0.25) is 0 Å². The molecule has 0 radical (unpaired) electrons. The number of ether oxygens (including phenoxy) is 1. The van der Waals surface area contributed by atoms with Gasteiger partial charge in [-0.2, -0.15) is 0 Å². The van der Waals surface area contributed by atoms with Gasteiger partial charge in [0.05, 0.1) is 12.8 Å². The highest BCUT2D eigenvalue weighted by Gasteiger charge is 2.27. The fraction of sp³-hybridized carbons (Fsp3) is 0.684. The molecule has 1 N–H and O–H groups in total. The molecule has 1 aromatic carbocycles. The summed E-state index contributed by atoms with van der Waals surface area (Å²) in [4.78, 5) is 0. The Hall–Kier alpha value is -1.18. The summed E-state index contributed by atoms with van der Waals surface area (Å²) in [7, 11) is 1.75. The lowest BCUT2D eigenvalue weighted by atomic mass is 9.75. The molecule has 1 fully saturated rings. The normalized spacial score (nSPS) is 19.3. The molecule has 21 heavy (non-hydrogen) atoms. The third kappa shape index (κ3) is 4.15. The number of methoxy groups -OCH3 is 1. The highest BCUT2D eigenvalue weighted by molar-refractivity contribution is 5.59. The van der Waals surface area contributed by atoms with Gasteiger partial charge in [0.2, 0.25) is 0 Å². The molecule has 2 rings (SSSR count). The monoisotopic (exact) mass is 289 g/mol. The van der Waals surface area contributed by atoms with Gasteiger partial charge in [-0.3, -0.25) is 0 Å². The third-order valence-electron chi connectivity index (χ3n) is 4.76. The predicted octanol–water partition coefficient (Wildman–Crippen LogP) is 5.37. The number of benzene rings is 1. The van der Waals surface area contributed by atoms with Gasteiger partial charge in [0.1, 0.15) is 5.75 Å². The first-order valence-electron chi connectivity index (χ1n) is 8.16. The molecular formula is C19H31NO. The molecule has 1 aromatic rings. The van der Waals surface area contributed by atoms with E-state index in [2.05, 4.69) is 58.1 Å². The Kier molecular flexibility index (Phi) is 4.55. The van der Waals surface area contributed by atoms with Crippen LogP contribution in [-0.4, -0.2) is 13.2 Å². The molecule has 0 saturated heterocycles. The maximum atomic E-state index is 5.53. The first-order chi connectivity index (χ1) is 9.71. The fourth-order valence-electron chi connectivity index (χ4n) is 3.05. The van der Waals surface area contributed by atoms with Crippen molar-refractivity contribution < 1.29 is 4.74 Å². The molecule has 2 nitrogen and oxygen atoms in total. The molecule has 2 heteroatoms. The van der Waals surface area contributed by atoms with Crippen LogP contribution in [0.3, 0.4) is 0 Å². The van der Waals surface area contributed by atoms with Crippen LogP contribution in [0.25, 0.3) is 0 Å². The van der Waals surface area contributed by atoms with E-state index in [1.54, 1.807) is 7.11 Å². The van der Waals surface area contributed by atoms with E-state index in [4.69, 9.17) is 4.74 Å². The lowest BCUT2D eigenvalue weighted by Crippen LogP contribution is -2.30. The summed E-state index contributed by atoms with van der Waals surface area (Å²) in [6.45, 7) is 11.5. The number of hydrogen-bond acceptors (Lipinski definition) is 2. The van der Waals surface area contributed by atoms with Crippen molar-refractivity contribution >= 4 is 5.69 Å². The van der Waals surface area contributed by atoms with Crippen molar-refractivity contribution in [3.8, 4) is 5.75 Å². The molecule has 0 amide bonds. The van der Waals surface area contributed by atoms with Gasteiger partial charge in [-0.15, -0.1) is 0 Å². The van der Waals surface area contributed by atoms with Crippen LogP contribution in [0.15, 0.2) is 18.2 Å². The van der Waals surface area contributed by atoms with Gasteiger partial charge in [0.25, 0.3) is 0 Å². The van der Waals surface area contributed by atoms with Crippen molar-refractivity contribution in [2.24, 2.45) is 5.41 Å². The Morgan fingerprint density at radius 2 is 1.76 bits per heavy atom. The quantitative estimate of drug-likeness (QED) is 0.807. The maximum absolute atomic E-state index is 5.53. The van der Waals surface area contributed by atoms with E-state index < -0.39 is 0 Å². The zero-order valence-corrected chi connectivity index (χ0v) is 14.5. The summed E-state index contributed by atoms with van der Waals surface area (Å²) < 4.78 is 5.53. The van der Waals surface area contributed by atoms with Gasteiger partial charge in [-0.25, -0.2) is 0 Å². The standard InChI is InChI=1S/C19H31NO/c1-18(2,3)14-7-8-17(21-6)16(13-14)20-15-9-11-19(4,5)12-10-15/h7-8,13,15,20H,9-12H2,1-6H3. The molecule has 0 heterocycles. The summed E-state index contributed by atoms with van der Waals surface area (Å²) in [6.07, 6.45) is 5.09. The van der Waals surface area contributed by atoms with E-state index in [0.29, 0.717) is 11.5 Å². The second kappa shape index (κ2) is 5.90. The molecule has 0 unspecified atom stereocenters. The first kappa shape index (κ1) is 16.2. The van der Waals surface area contributed by atoms with Gasteiger partial charge < -0.3 is 10.1 Å². The van der Waals surface area contributed by atoms with Crippen LogP contribution in [0.4, 0.5) is 5.69 Å². The lowest BCUT2D eigenvalue weighted by molar-refractivity contribution is 0.232. The van der Waals surface area contributed by atoms with Crippen LogP contribution in [0, 0.1) is 5.41 Å². The van der Waals surface area contributed by atoms with Crippen molar-refractivity contribution in [1.82, 2.24) is 0 Å². The summed E-state index contributed by atoms with van der Waals surface area (Å²) >= 11 is 0. The molecule has 0 spiro atoms. The summed E-state index contributed by atoms with van der Waals surface area (Å²) in [5.41, 5.74) is 3.17. The van der Waals surface area contributed by atoms with Crippen molar-refractivity contribution in [1.29, 1.82) is 0 Å². The van der Waals surface area contributed by atoms with Crippen LogP contribution < -0.4 is 10.1 Å². The van der Waals surface area contributed by atoms with E-state index in [0.717, 1.165) is 11.4 Å².